The lowest BCUT2D eigenvalue weighted by molar-refractivity contribution is -0.384. The number of non-ortho nitro benzene ring substituents is 1. The Hall–Kier alpha value is -2.24. The van der Waals surface area contributed by atoms with Crippen LogP contribution in [0.4, 0.5) is 5.69 Å². The van der Waals surface area contributed by atoms with Crippen LogP contribution in [0.1, 0.15) is 19.4 Å². The summed E-state index contributed by atoms with van der Waals surface area (Å²) in [6.07, 6.45) is 0. The molecule has 6 heteroatoms. The van der Waals surface area contributed by atoms with Crippen molar-refractivity contribution in [2.24, 2.45) is 5.92 Å². The van der Waals surface area contributed by atoms with Gasteiger partial charge in [0.1, 0.15) is 6.61 Å². The van der Waals surface area contributed by atoms with Crippen molar-refractivity contribution in [1.82, 2.24) is 0 Å². The fraction of sp³-hybridized carbons (Fsp3) is 0.333. The van der Waals surface area contributed by atoms with Crippen molar-refractivity contribution in [3.63, 3.8) is 0 Å². The summed E-state index contributed by atoms with van der Waals surface area (Å²) in [6.45, 7) is 3.03. The quantitative estimate of drug-likeness (QED) is 0.345. The summed E-state index contributed by atoms with van der Waals surface area (Å²) in [7, 11) is 0. The standard InChI is InChI=1S/C12H13NO5/c1-8(2)11(14)12(15)18-7-9-4-3-5-10(6-9)13(16)17/h3-6,8H,7H2,1-2H3. The highest BCUT2D eigenvalue weighted by Crippen LogP contribution is 2.14. The number of nitro benzene ring substituents is 1. The van der Waals surface area contributed by atoms with Gasteiger partial charge in [0.2, 0.25) is 5.78 Å². The number of carbonyl (C=O) groups excluding carboxylic acids is 2. The molecule has 0 spiro atoms. The lowest BCUT2D eigenvalue weighted by Crippen LogP contribution is -2.22. The van der Waals surface area contributed by atoms with Gasteiger partial charge in [-0.2, -0.15) is 0 Å². The molecule has 0 saturated carbocycles. The fourth-order valence-electron chi connectivity index (χ4n) is 1.22. The van der Waals surface area contributed by atoms with Crippen LogP contribution in [0.3, 0.4) is 0 Å². The maximum absolute atomic E-state index is 11.3. The Labute approximate surface area is 104 Å². The number of benzene rings is 1. The molecule has 0 heterocycles. The molecule has 0 N–H and O–H groups in total. The van der Waals surface area contributed by atoms with Gasteiger partial charge in [0.15, 0.2) is 0 Å². The van der Waals surface area contributed by atoms with E-state index >= 15 is 0 Å². The Kier molecular flexibility index (Phi) is 4.53. The van der Waals surface area contributed by atoms with Crippen molar-refractivity contribution < 1.29 is 19.2 Å². The minimum Gasteiger partial charge on any atom is -0.455 e. The number of Topliss-reactive ketones (excluding diaryl/α,β-unsaturated/α-hetero) is 1. The smallest absolute Gasteiger partial charge is 0.375 e. The summed E-state index contributed by atoms with van der Waals surface area (Å²) in [5.41, 5.74) is 0.382. The number of nitrogens with zero attached hydrogens (tertiary/aromatic N) is 1. The van der Waals surface area contributed by atoms with Crippen LogP contribution in [0.5, 0.6) is 0 Å². The molecule has 96 valence electrons. The second-order valence-electron chi connectivity index (χ2n) is 4.02. The van der Waals surface area contributed by atoms with Gasteiger partial charge in [-0.1, -0.05) is 26.0 Å². The molecule has 0 saturated heterocycles. The van der Waals surface area contributed by atoms with E-state index in [-0.39, 0.29) is 12.3 Å². The monoisotopic (exact) mass is 251 g/mol. The molecule has 0 aliphatic rings. The summed E-state index contributed by atoms with van der Waals surface area (Å²) >= 11 is 0. The minimum atomic E-state index is -0.920. The van der Waals surface area contributed by atoms with Crippen LogP contribution in [0.2, 0.25) is 0 Å². The number of hydrogen-bond donors (Lipinski definition) is 0. The maximum Gasteiger partial charge on any atom is 0.375 e. The predicted octanol–water partition coefficient (Wildman–Crippen LogP) is 1.86. The molecule has 1 rings (SSSR count). The third-order valence-corrected chi connectivity index (χ3v) is 2.22. The van der Waals surface area contributed by atoms with E-state index in [1.165, 1.54) is 18.2 Å². The normalized spacial score (nSPS) is 10.2. The summed E-state index contributed by atoms with van der Waals surface area (Å²) in [6, 6.07) is 5.71. The van der Waals surface area contributed by atoms with E-state index in [1.807, 2.05) is 0 Å². The molecule has 0 aliphatic carbocycles. The highest BCUT2D eigenvalue weighted by atomic mass is 16.6. The second-order valence-corrected chi connectivity index (χ2v) is 4.02. The van der Waals surface area contributed by atoms with Crippen LogP contribution in [0, 0.1) is 16.0 Å². The van der Waals surface area contributed by atoms with Gasteiger partial charge in [0.25, 0.3) is 5.69 Å². The minimum absolute atomic E-state index is 0.0845. The summed E-state index contributed by atoms with van der Waals surface area (Å²) in [5, 5.41) is 10.5. The number of carbonyl (C=O) groups is 2. The number of ether oxygens (including phenoxy) is 1. The van der Waals surface area contributed by atoms with Gasteiger partial charge in [0.05, 0.1) is 4.92 Å². The molecule has 18 heavy (non-hydrogen) atoms. The summed E-state index contributed by atoms with van der Waals surface area (Å²) < 4.78 is 4.77. The Bertz CT molecular complexity index is 481. The van der Waals surface area contributed by atoms with Gasteiger partial charge in [-0.3, -0.25) is 14.9 Å². The zero-order chi connectivity index (χ0) is 13.7. The van der Waals surface area contributed by atoms with E-state index in [4.69, 9.17) is 4.74 Å². The third-order valence-electron chi connectivity index (χ3n) is 2.22. The lowest BCUT2D eigenvalue weighted by Gasteiger charge is -2.05. The molecule has 0 bridgehead atoms. The highest BCUT2D eigenvalue weighted by Gasteiger charge is 2.19. The molecular formula is C12H13NO5. The van der Waals surface area contributed by atoms with Crippen molar-refractivity contribution in [1.29, 1.82) is 0 Å². The number of nitro groups is 1. The first-order valence-corrected chi connectivity index (χ1v) is 5.36. The zero-order valence-corrected chi connectivity index (χ0v) is 10.1. The first-order valence-electron chi connectivity index (χ1n) is 5.36. The van der Waals surface area contributed by atoms with E-state index in [2.05, 4.69) is 0 Å². The number of hydrogen-bond acceptors (Lipinski definition) is 5. The van der Waals surface area contributed by atoms with E-state index in [1.54, 1.807) is 19.9 Å². The molecule has 0 fully saturated rings. The zero-order valence-electron chi connectivity index (χ0n) is 10.1. The molecule has 1 aromatic rings. The van der Waals surface area contributed by atoms with E-state index in [0.717, 1.165) is 0 Å². The van der Waals surface area contributed by atoms with Crippen LogP contribution in [0.15, 0.2) is 24.3 Å². The van der Waals surface area contributed by atoms with Crippen molar-refractivity contribution in [2.45, 2.75) is 20.5 Å². The summed E-state index contributed by atoms with van der Waals surface area (Å²) in [4.78, 5) is 32.5. The molecule has 0 atom stereocenters. The van der Waals surface area contributed by atoms with Gasteiger partial charge < -0.3 is 4.74 Å². The predicted molar refractivity (Wildman–Crippen MR) is 62.7 cm³/mol. The molecule has 1 aromatic carbocycles. The maximum atomic E-state index is 11.3. The molecule has 6 nitrogen and oxygen atoms in total. The van der Waals surface area contributed by atoms with Gasteiger partial charge in [-0.05, 0) is 5.56 Å². The molecule has 0 unspecified atom stereocenters. The van der Waals surface area contributed by atoms with Crippen LogP contribution in [-0.2, 0) is 20.9 Å². The van der Waals surface area contributed by atoms with Crippen LogP contribution < -0.4 is 0 Å². The second kappa shape index (κ2) is 5.90. The average molecular weight is 251 g/mol. The Morgan fingerprint density at radius 1 is 1.39 bits per heavy atom. The molecular weight excluding hydrogens is 238 g/mol. The number of esters is 1. The van der Waals surface area contributed by atoms with E-state index in [0.29, 0.717) is 5.56 Å². The van der Waals surface area contributed by atoms with Crippen LogP contribution in [0.25, 0.3) is 0 Å². The first-order chi connectivity index (χ1) is 8.41. The van der Waals surface area contributed by atoms with Crippen molar-refractivity contribution in [3.05, 3.63) is 39.9 Å². The number of rotatable bonds is 5. The van der Waals surface area contributed by atoms with Crippen molar-refractivity contribution >= 4 is 17.4 Å². The van der Waals surface area contributed by atoms with E-state index in [9.17, 15) is 19.7 Å². The Morgan fingerprint density at radius 3 is 2.61 bits per heavy atom. The highest BCUT2D eigenvalue weighted by molar-refractivity contribution is 6.34. The molecule has 0 aromatic heterocycles. The largest absolute Gasteiger partial charge is 0.455 e. The SMILES string of the molecule is CC(C)C(=O)C(=O)OCc1cccc([N+](=O)[O-])c1. The van der Waals surface area contributed by atoms with Crippen LogP contribution >= 0.6 is 0 Å². The van der Waals surface area contributed by atoms with Crippen molar-refractivity contribution in [3.8, 4) is 0 Å². The van der Waals surface area contributed by atoms with Gasteiger partial charge in [0, 0.05) is 18.1 Å². The molecule has 0 aliphatic heterocycles. The van der Waals surface area contributed by atoms with Gasteiger partial charge in [-0.25, -0.2) is 4.79 Å². The fourth-order valence-corrected chi connectivity index (χ4v) is 1.22. The third kappa shape index (κ3) is 3.65. The summed E-state index contributed by atoms with van der Waals surface area (Å²) in [5.74, 6) is -1.96. The van der Waals surface area contributed by atoms with E-state index < -0.39 is 22.6 Å². The Morgan fingerprint density at radius 2 is 2.06 bits per heavy atom. The first kappa shape index (κ1) is 13.8. The molecule has 0 amide bonds. The Balaban J connectivity index is 2.64. The lowest BCUT2D eigenvalue weighted by atomic mass is 10.1. The van der Waals surface area contributed by atoms with Gasteiger partial charge >= 0.3 is 5.97 Å². The average Bonchev–Trinajstić information content (AvgIpc) is 2.35. The van der Waals surface area contributed by atoms with Gasteiger partial charge in [-0.15, -0.1) is 0 Å². The number of ketones is 1. The topological polar surface area (TPSA) is 86.5 Å². The van der Waals surface area contributed by atoms with Crippen LogP contribution in [-0.4, -0.2) is 16.7 Å². The molecule has 0 radical (unpaired) electrons. The van der Waals surface area contributed by atoms with Crippen molar-refractivity contribution in [2.75, 3.05) is 0 Å².